The van der Waals surface area contributed by atoms with Gasteiger partial charge in [0.15, 0.2) is 0 Å². The summed E-state index contributed by atoms with van der Waals surface area (Å²) in [6.45, 7) is 13.7. The van der Waals surface area contributed by atoms with Crippen LogP contribution < -0.4 is 5.32 Å². The highest BCUT2D eigenvalue weighted by Crippen LogP contribution is 2.40. The lowest BCUT2D eigenvalue weighted by Gasteiger charge is -2.38. The second-order valence-corrected chi connectivity index (χ2v) is 11.2. The average Bonchev–Trinajstić information content (AvgIpc) is 3.16. The highest BCUT2D eigenvalue weighted by atomic mass is 16.6. The van der Waals surface area contributed by atoms with E-state index in [1.807, 2.05) is 60.1 Å². The van der Waals surface area contributed by atoms with Gasteiger partial charge in [0.1, 0.15) is 11.2 Å². The lowest BCUT2D eigenvalue weighted by atomic mass is 9.71. The molecule has 7 nitrogen and oxygen atoms in total. The van der Waals surface area contributed by atoms with Crippen LogP contribution in [0.3, 0.4) is 0 Å². The summed E-state index contributed by atoms with van der Waals surface area (Å²) in [5.74, 6) is -1.03. The Morgan fingerprint density at radius 3 is 2.29 bits per heavy atom. The molecule has 35 heavy (non-hydrogen) atoms. The number of carbonyl (C=O) groups is 2. The van der Waals surface area contributed by atoms with Gasteiger partial charge in [-0.1, -0.05) is 51.1 Å². The summed E-state index contributed by atoms with van der Waals surface area (Å²) in [4.78, 5) is 28.8. The minimum atomic E-state index is -0.897. The van der Waals surface area contributed by atoms with E-state index in [0.29, 0.717) is 6.42 Å². The standard InChI is InChI=1S/C28H37N3O4/c1-18-9-8-16-31-17-22(29-25(18)31)19-10-12-20(13-11-19)24(27(2,3)4)21(14-15-23(32)33)30-26(34)35-28(5,6)7/h8-13,16-17,21,24H,14-15H2,1-7H3,(H,30,34)(H,32,33)/t21-,24?/m1/s1. The van der Waals surface area contributed by atoms with Crippen LogP contribution in [0.1, 0.15) is 71.4 Å². The van der Waals surface area contributed by atoms with Crippen LogP contribution in [-0.2, 0) is 9.53 Å². The summed E-state index contributed by atoms with van der Waals surface area (Å²) >= 11 is 0. The van der Waals surface area contributed by atoms with Gasteiger partial charge in [0.2, 0.25) is 0 Å². The number of aliphatic carboxylic acids is 1. The van der Waals surface area contributed by atoms with Crippen molar-refractivity contribution in [3.05, 3.63) is 59.9 Å². The number of carboxylic acid groups (broad SMARTS) is 1. The number of alkyl carbamates (subject to hydrolysis) is 1. The zero-order valence-electron chi connectivity index (χ0n) is 21.8. The number of rotatable bonds is 7. The van der Waals surface area contributed by atoms with Crippen LogP contribution in [0.2, 0.25) is 0 Å². The van der Waals surface area contributed by atoms with E-state index in [1.165, 1.54) is 0 Å². The topological polar surface area (TPSA) is 92.9 Å². The highest BCUT2D eigenvalue weighted by molar-refractivity contribution is 5.69. The molecule has 2 heterocycles. The third-order valence-corrected chi connectivity index (χ3v) is 5.95. The average molecular weight is 480 g/mol. The monoisotopic (exact) mass is 479 g/mol. The molecule has 0 spiro atoms. The Morgan fingerprint density at radius 1 is 1.09 bits per heavy atom. The van der Waals surface area contributed by atoms with Gasteiger partial charge in [-0.3, -0.25) is 4.79 Å². The molecule has 0 saturated carbocycles. The van der Waals surface area contributed by atoms with Gasteiger partial charge in [0.25, 0.3) is 0 Å². The number of hydrogen-bond donors (Lipinski definition) is 2. The van der Waals surface area contributed by atoms with E-state index in [2.05, 4.69) is 26.1 Å². The van der Waals surface area contributed by atoms with E-state index in [0.717, 1.165) is 28.0 Å². The molecule has 0 aliphatic rings. The maximum absolute atomic E-state index is 12.6. The van der Waals surface area contributed by atoms with Crippen LogP contribution in [0.15, 0.2) is 48.8 Å². The summed E-state index contributed by atoms with van der Waals surface area (Å²) < 4.78 is 7.50. The number of fused-ring (bicyclic) bond motifs is 1. The molecule has 1 amide bonds. The van der Waals surface area contributed by atoms with Gasteiger partial charge >= 0.3 is 12.1 Å². The molecule has 0 saturated heterocycles. The van der Waals surface area contributed by atoms with Crippen LogP contribution in [0.25, 0.3) is 16.9 Å². The Labute approximate surface area is 207 Å². The maximum Gasteiger partial charge on any atom is 0.407 e. The van der Waals surface area contributed by atoms with Crippen molar-refractivity contribution in [1.29, 1.82) is 0 Å². The predicted molar refractivity (Wildman–Crippen MR) is 138 cm³/mol. The van der Waals surface area contributed by atoms with E-state index in [-0.39, 0.29) is 17.8 Å². The van der Waals surface area contributed by atoms with Crippen LogP contribution in [0, 0.1) is 12.3 Å². The van der Waals surface area contributed by atoms with Gasteiger partial charge in [-0.05, 0) is 56.7 Å². The number of pyridine rings is 1. The number of benzene rings is 1. The normalized spacial score (nSPS) is 13.9. The predicted octanol–water partition coefficient (Wildman–Crippen LogP) is 6.20. The first-order valence-corrected chi connectivity index (χ1v) is 12.0. The Bertz CT molecular complexity index is 1180. The van der Waals surface area contributed by atoms with Gasteiger partial charge in [0.05, 0.1) is 5.69 Å². The summed E-state index contributed by atoms with van der Waals surface area (Å²) in [7, 11) is 0. The minimum Gasteiger partial charge on any atom is -0.481 e. The van der Waals surface area contributed by atoms with Crippen LogP contribution >= 0.6 is 0 Å². The maximum atomic E-state index is 12.6. The first kappa shape index (κ1) is 26.3. The molecule has 0 aliphatic heterocycles. The lowest BCUT2D eigenvalue weighted by molar-refractivity contribution is -0.137. The fraction of sp³-hybridized carbons (Fsp3) is 0.464. The molecule has 0 bridgehead atoms. The van der Waals surface area contributed by atoms with E-state index >= 15 is 0 Å². The van der Waals surface area contributed by atoms with Crippen LogP contribution in [0.5, 0.6) is 0 Å². The summed E-state index contributed by atoms with van der Waals surface area (Å²) in [6.07, 6.45) is 3.70. The quantitative estimate of drug-likeness (QED) is 0.421. The van der Waals surface area contributed by atoms with Crippen molar-refractivity contribution in [3.63, 3.8) is 0 Å². The molecule has 2 N–H and O–H groups in total. The van der Waals surface area contributed by atoms with Crippen molar-refractivity contribution in [1.82, 2.24) is 14.7 Å². The molecule has 1 unspecified atom stereocenters. The van der Waals surface area contributed by atoms with Crippen molar-refractivity contribution >= 4 is 17.7 Å². The van der Waals surface area contributed by atoms with Crippen LogP contribution in [0.4, 0.5) is 4.79 Å². The third-order valence-electron chi connectivity index (χ3n) is 5.95. The third kappa shape index (κ3) is 6.84. The van der Waals surface area contributed by atoms with Crippen molar-refractivity contribution < 1.29 is 19.4 Å². The Balaban J connectivity index is 1.93. The summed E-state index contributed by atoms with van der Waals surface area (Å²) in [6, 6.07) is 11.8. The number of carbonyl (C=O) groups excluding carboxylic acids is 1. The van der Waals surface area contributed by atoms with E-state index in [9.17, 15) is 14.7 Å². The molecule has 3 aromatic rings. The van der Waals surface area contributed by atoms with Gasteiger partial charge in [-0.2, -0.15) is 0 Å². The highest BCUT2D eigenvalue weighted by Gasteiger charge is 2.35. The summed E-state index contributed by atoms with van der Waals surface area (Å²) in [5, 5.41) is 12.3. The first-order valence-electron chi connectivity index (χ1n) is 12.0. The number of carboxylic acids is 1. The van der Waals surface area contributed by atoms with Gasteiger partial charge in [-0.15, -0.1) is 0 Å². The number of ether oxygens (including phenoxy) is 1. The number of imidazole rings is 1. The molecule has 2 aromatic heterocycles. The van der Waals surface area contributed by atoms with E-state index < -0.39 is 23.7 Å². The van der Waals surface area contributed by atoms with Crippen molar-refractivity contribution in [3.8, 4) is 11.3 Å². The Kier molecular flexibility index (Phi) is 7.58. The fourth-order valence-electron chi connectivity index (χ4n) is 4.55. The number of aryl methyl sites for hydroxylation is 1. The number of amides is 1. The number of hydrogen-bond acceptors (Lipinski definition) is 4. The molecular weight excluding hydrogens is 442 g/mol. The second-order valence-electron chi connectivity index (χ2n) is 11.2. The van der Waals surface area contributed by atoms with Gasteiger partial charge < -0.3 is 19.6 Å². The minimum absolute atomic E-state index is 0.0499. The number of nitrogens with zero attached hydrogens (tertiary/aromatic N) is 2. The second kappa shape index (κ2) is 10.1. The zero-order valence-corrected chi connectivity index (χ0v) is 21.8. The van der Waals surface area contributed by atoms with Gasteiger partial charge in [0, 0.05) is 36.3 Å². The van der Waals surface area contributed by atoms with Crippen molar-refractivity contribution in [2.45, 2.75) is 78.9 Å². The molecule has 0 radical (unpaired) electrons. The first-order chi connectivity index (χ1) is 16.2. The lowest BCUT2D eigenvalue weighted by Crippen LogP contribution is -2.45. The fourth-order valence-corrected chi connectivity index (χ4v) is 4.55. The molecule has 0 fully saturated rings. The van der Waals surface area contributed by atoms with Crippen LogP contribution in [-0.4, -0.2) is 38.2 Å². The molecular formula is C28H37N3O4. The summed E-state index contributed by atoms with van der Waals surface area (Å²) in [5.41, 5.74) is 4.03. The molecule has 0 aliphatic carbocycles. The Hall–Kier alpha value is -3.35. The molecule has 2 atom stereocenters. The number of aromatic nitrogens is 2. The van der Waals surface area contributed by atoms with E-state index in [1.54, 1.807) is 20.8 Å². The molecule has 7 heteroatoms. The Morgan fingerprint density at radius 2 is 1.74 bits per heavy atom. The molecule has 1 aromatic carbocycles. The SMILES string of the molecule is Cc1cccn2cc(-c3ccc(C([C@@H](CCC(=O)O)NC(=O)OC(C)(C)C)C(C)(C)C)cc3)nc12. The largest absolute Gasteiger partial charge is 0.481 e. The number of nitrogens with one attached hydrogen (secondary N) is 1. The zero-order chi connectivity index (χ0) is 26.0. The molecule has 3 rings (SSSR count). The van der Waals surface area contributed by atoms with Gasteiger partial charge in [-0.25, -0.2) is 9.78 Å². The van der Waals surface area contributed by atoms with E-state index in [4.69, 9.17) is 9.72 Å². The van der Waals surface area contributed by atoms with Crippen molar-refractivity contribution in [2.75, 3.05) is 0 Å². The van der Waals surface area contributed by atoms with Crippen molar-refractivity contribution in [2.24, 2.45) is 5.41 Å². The smallest absolute Gasteiger partial charge is 0.407 e. The molecule has 188 valence electrons.